The van der Waals surface area contributed by atoms with Gasteiger partial charge in [0.1, 0.15) is 0 Å². The summed E-state index contributed by atoms with van der Waals surface area (Å²) in [7, 11) is 2.12. The van der Waals surface area contributed by atoms with Crippen LogP contribution in [0.3, 0.4) is 0 Å². The average molecular weight is 393 g/mol. The van der Waals surface area contributed by atoms with Crippen molar-refractivity contribution >= 4 is 22.8 Å². The fourth-order valence-corrected chi connectivity index (χ4v) is 4.29. The predicted octanol–water partition coefficient (Wildman–Crippen LogP) is 3.33. The van der Waals surface area contributed by atoms with Gasteiger partial charge in [-0.1, -0.05) is 18.2 Å². The number of carbonyl (C=O) groups excluding carboxylic acids is 1. The molecule has 0 saturated carbocycles. The van der Waals surface area contributed by atoms with Crippen LogP contribution >= 0.6 is 0 Å². The number of piperidine rings is 1. The third-order valence-electron chi connectivity index (χ3n) is 5.94. The Bertz CT molecular complexity index is 975. The van der Waals surface area contributed by atoms with E-state index in [2.05, 4.69) is 56.9 Å². The minimum absolute atomic E-state index is 0.250. The summed E-state index contributed by atoms with van der Waals surface area (Å²) >= 11 is 0. The third-order valence-corrected chi connectivity index (χ3v) is 5.94. The predicted molar refractivity (Wildman–Crippen MR) is 112 cm³/mol. The zero-order valence-corrected chi connectivity index (χ0v) is 16.7. The van der Waals surface area contributed by atoms with Crippen molar-refractivity contribution < 1.29 is 10.0 Å². The highest BCUT2D eigenvalue weighted by molar-refractivity contribution is 5.92. The molecule has 0 bridgehead atoms. The topological polar surface area (TPSA) is 83.3 Å². The van der Waals surface area contributed by atoms with Gasteiger partial charge in [0.05, 0.1) is 5.56 Å². The number of benzene rings is 1. The molecule has 7 heteroatoms. The van der Waals surface area contributed by atoms with E-state index in [0.717, 1.165) is 38.3 Å². The van der Waals surface area contributed by atoms with E-state index in [4.69, 9.17) is 5.21 Å². The number of aromatic nitrogens is 3. The Balaban J connectivity index is 1.26. The monoisotopic (exact) mass is 393 g/mol. The van der Waals surface area contributed by atoms with Crippen molar-refractivity contribution in [2.75, 3.05) is 18.0 Å². The Morgan fingerprint density at radius 1 is 1.21 bits per heavy atom. The highest BCUT2D eigenvalue weighted by Gasteiger charge is 2.21. The standard InChI is InChI=1S/C22H27N5O2/c1-26-15-17(19-7-2-3-8-20(19)26)6-4-5-16-9-11-27(12-10-16)22-23-13-18(14-24-22)21(28)25-29/h2-3,7-8,13-16,29H,4-6,9-12H2,1H3,(H,25,28). The van der Waals surface area contributed by atoms with Crippen LogP contribution in [0.4, 0.5) is 5.95 Å². The average Bonchev–Trinajstić information content (AvgIpc) is 3.10. The smallest absolute Gasteiger partial charge is 0.277 e. The zero-order chi connectivity index (χ0) is 20.2. The van der Waals surface area contributed by atoms with Crippen molar-refractivity contribution in [3.8, 4) is 0 Å². The highest BCUT2D eigenvalue weighted by atomic mass is 16.5. The molecule has 1 amide bonds. The lowest BCUT2D eigenvalue weighted by Gasteiger charge is -2.32. The lowest BCUT2D eigenvalue weighted by atomic mass is 9.91. The Hall–Kier alpha value is -2.93. The van der Waals surface area contributed by atoms with Gasteiger partial charge in [-0.3, -0.25) is 10.0 Å². The number of hydrogen-bond donors (Lipinski definition) is 2. The van der Waals surface area contributed by atoms with Crippen molar-refractivity contribution in [3.05, 3.63) is 54.0 Å². The molecular weight excluding hydrogens is 366 g/mol. The van der Waals surface area contributed by atoms with Gasteiger partial charge >= 0.3 is 0 Å². The summed E-state index contributed by atoms with van der Waals surface area (Å²) in [6.07, 6.45) is 11.0. The number of amides is 1. The second-order valence-electron chi connectivity index (χ2n) is 7.82. The van der Waals surface area contributed by atoms with Crippen LogP contribution in [0.15, 0.2) is 42.9 Å². The number of para-hydroxylation sites is 1. The van der Waals surface area contributed by atoms with Crippen LogP contribution in [0.5, 0.6) is 0 Å². The van der Waals surface area contributed by atoms with E-state index in [1.807, 2.05) is 0 Å². The van der Waals surface area contributed by atoms with Gasteiger partial charge in [-0.15, -0.1) is 0 Å². The van der Waals surface area contributed by atoms with Crippen LogP contribution in [-0.2, 0) is 13.5 Å². The zero-order valence-electron chi connectivity index (χ0n) is 16.7. The lowest BCUT2D eigenvalue weighted by molar-refractivity contribution is 0.0705. The summed E-state index contributed by atoms with van der Waals surface area (Å²) in [5, 5.41) is 10.0. The fourth-order valence-electron chi connectivity index (χ4n) is 4.29. The molecule has 29 heavy (non-hydrogen) atoms. The van der Waals surface area contributed by atoms with Crippen molar-refractivity contribution in [1.82, 2.24) is 20.0 Å². The Morgan fingerprint density at radius 3 is 2.66 bits per heavy atom. The number of carbonyl (C=O) groups is 1. The number of aryl methyl sites for hydroxylation is 2. The first-order valence-corrected chi connectivity index (χ1v) is 10.2. The summed E-state index contributed by atoms with van der Waals surface area (Å²) in [5.41, 5.74) is 4.59. The minimum atomic E-state index is -0.596. The molecular formula is C22H27N5O2. The van der Waals surface area contributed by atoms with Crippen LogP contribution in [0.25, 0.3) is 10.9 Å². The summed E-state index contributed by atoms with van der Waals surface area (Å²) in [6.45, 7) is 1.87. The highest BCUT2D eigenvalue weighted by Crippen LogP contribution is 2.27. The molecule has 1 fully saturated rings. The second-order valence-corrected chi connectivity index (χ2v) is 7.82. The van der Waals surface area contributed by atoms with Gasteiger partial charge in [-0.2, -0.15) is 0 Å². The van der Waals surface area contributed by atoms with E-state index in [9.17, 15) is 4.79 Å². The first kappa shape index (κ1) is 19.4. The summed E-state index contributed by atoms with van der Waals surface area (Å²) in [5.74, 6) is 0.788. The SMILES string of the molecule is Cn1cc(CCCC2CCN(c3ncc(C(=O)NO)cn3)CC2)c2ccccc21. The molecule has 0 atom stereocenters. The largest absolute Gasteiger partial charge is 0.350 e. The summed E-state index contributed by atoms with van der Waals surface area (Å²) in [4.78, 5) is 22.1. The van der Waals surface area contributed by atoms with Gasteiger partial charge in [-0.05, 0) is 49.7 Å². The van der Waals surface area contributed by atoms with Crippen molar-refractivity contribution in [2.24, 2.45) is 13.0 Å². The van der Waals surface area contributed by atoms with Crippen LogP contribution in [0.2, 0.25) is 0 Å². The van der Waals surface area contributed by atoms with Crippen LogP contribution in [-0.4, -0.2) is 38.7 Å². The molecule has 152 valence electrons. The molecule has 3 heterocycles. The number of nitrogens with zero attached hydrogens (tertiary/aromatic N) is 4. The summed E-state index contributed by atoms with van der Waals surface area (Å²) < 4.78 is 2.22. The van der Waals surface area contributed by atoms with E-state index < -0.39 is 5.91 Å². The third kappa shape index (κ3) is 4.24. The van der Waals surface area contributed by atoms with E-state index in [-0.39, 0.29) is 5.56 Å². The molecule has 1 aliphatic heterocycles. The molecule has 3 aromatic rings. The normalized spacial score (nSPS) is 15.0. The number of hydroxylamine groups is 1. The molecule has 1 aromatic carbocycles. The molecule has 0 aliphatic carbocycles. The van der Waals surface area contributed by atoms with Gasteiger partial charge in [0, 0.05) is 49.6 Å². The van der Waals surface area contributed by atoms with E-state index in [1.54, 1.807) is 5.48 Å². The van der Waals surface area contributed by atoms with Gasteiger partial charge in [0.25, 0.3) is 5.91 Å². The maximum atomic E-state index is 11.4. The molecule has 1 saturated heterocycles. The molecule has 2 N–H and O–H groups in total. The Morgan fingerprint density at radius 2 is 1.93 bits per heavy atom. The number of anilines is 1. The first-order chi connectivity index (χ1) is 14.2. The molecule has 4 rings (SSSR count). The van der Waals surface area contributed by atoms with Crippen LogP contribution < -0.4 is 10.4 Å². The summed E-state index contributed by atoms with van der Waals surface area (Å²) in [6, 6.07) is 8.61. The number of fused-ring (bicyclic) bond motifs is 1. The van der Waals surface area contributed by atoms with Gasteiger partial charge in [-0.25, -0.2) is 15.4 Å². The number of rotatable bonds is 6. The fraction of sp³-hybridized carbons (Fsp3) is 0.409. The Kier molecular flexibility index (Phi) is 5.76. The Labute approximate surface area is 170 Å². The van der Waals surface area contributed by atoms with Crippen molar-refractivity contribution in [2.45, 2.75) is 32.1 Å². The van der Waals surface area contributed by atoms with E-state index >= 15 is 0 Å². The van der Waals surface area contributed by atoms with E-state index in [0.29, 0.717) is 5.95 Å². The van der Waals surface area contributed by atoms with Crippen molar-refractivity contribution in [1.29, 1.82) is 0 Å². The van der Waals surface area contributed by atoms with Crippen LogP contribution in [0.1, 0.15) is 41.6 Å². The maximum absolute atomic E-state index is 11.4. The second kappa shape index (κ2) is 8.61. The van der Waals surface area contributed by atoms with Gasteiger partial charge in [0.2, 0.25) is 5.95 Å². The molecule has 7 nitrogen and oxygen atoms in total. The lowest BCUT2D eigenvalue weighted by Crippen LogP contribution is -2.35. The van der Waals surface area contributed by atoms with E-state index in [1.165, 1.54) is 41.7 Å². The number of nitrogens with one attached hydrogen (secondary N) is 1. The quantitative estimate of drug-likeness (QED) is 0.496. The molecule has 0 radical (unpaired) electrons. The first-order valence-electron chi connectivity index (χ1n) is 10.2. The molecule has 0 unspecified atom stereocenters. The van der Waals surface area contributed by atoms with Crippen molar-refractivity contribution in [3.63, 3.8) is 0 Å². The molecule has 2 aromatic heterocycles. The number of hydrogen-bond acceptors (Lipinski definition) is 5. The van der Waals surface area contributed by atoms with Gasteiger partial charge in [0.15, 0.2) is 0 Å². The maximum Gasteiger partial charge on any atom is 0.277 e. The van der Waals surface area contributed by atoms with Crippen LogP contribution in [0, 0.1) is 5.92 Å². The van der Waals surface area contributed by atoms with Gasteiger partial charge < -0.3 is 9.47 Å². The minimum Gasteiger partial charge on any atom is -0.350 e. The molecule has 0 spiro atoms. The molecule has 1 aliphatic rings.